The first-order valence-electron chi connectivity index (χ1n) is 7.84. The molecule has 0 aliphatic carbocycles. The quantitative estimate of drug-likeness (QED) is 0.724. The van der Waals surface area contributed by atoms with E-state index in [-0.39, 0.29) is 0 Å². The van der Waals surface area contributed by atoms with E-state index in [0.29, 0.717) is 0 Å². The first kappa shape index (κ1) is 14.6. The summed E-state index contributed by atoms with van der Waals surface area (Å²) < 4.78 is 0. The van der Waals surface area contributed by atoms with Gasteiger partial charge in [0.2, 0.25) is 0 Å². The maximum Gasteiger partial charge on any atom is 0.144 e. The number of anilines is 1. The summed E-state index contributed by atoms with van der Waals surface area (Å²) in [5, 5.41) is 4.31. The van der Waals surface area contributed by atoms with Crippen LogP contribution in [0.3, 0.4) is 0 Å². The minimum Gasteiger partial charge on any atom is -0.398 e. The molecule has 1 saturated heterocycles. The fourth-order valence-electron chi connectivity index (χ4n) is 2.85. The Morgan fingerprint density at radius 2 is 1.91 bits per heavy atom. The first-order valence-corrected chi connectivity index (χ1v) is 8.66. The van der Waals surface area contributed by atoms with Crippen LogP contribution in [0.2, 0.25) is 0 Å². The molecule has 4 rings (SSSR count). The third-order valence-corrected chi connectivity index (χ3v) is 5.10. The molecule has 2 aromatic heterocycles. The molecule has 1 aromatic carbocycles. The predicted molar refractivity (Wildman–Crippen MR) is 95.4 cm³/mol. The van der Waals surface area contributed by atoms with Crippen molar-refractivity contribution in [1.82, 2.24) is 20.2 Å². The number of benzene rings is 1. The fourth-order valence-corrected chi connectivity index (χ4v) is 3.85. The minimum absolute atomic E-state index is 0.757. The van der Waals surface area contributed by atoms with E-state index in [2.05, 4.69) is 27.3 Å². The number of hydrogen-bond acceptors (Lipinski definition) is 6. The molecule has 3 heterocycles. The molecule has 0 bridgehead atoms. The molecule has 3 aromatic rings. The van der Waals surface area contributed by atoms with E-state index in [0.717, 1.165) is 65.0 Å². The summed E-state index contributed by atoms with van der Waals surface area (Å²) in [6.45, 7) is 5.17. The second kappa shape index (κ2) is 6.23. The van der Waals surface area contributed by atoms with E-state index in [1.165, 1.54) is 0 Å². The Hall–Kier alpha value is -2.02. The minimum atomic E-state index is 0.757. The van der Waals surface area contributed by atoms with Gasteiger partial charge in [-0.05, 0) is 24.3 Å². The van der Waals surface area contributed by atoms with Crippen molar-refractivity contribution in [1.29, 1.82) is 0 Å². The molecular weight excluding hydrogens is 306 g/mol. The number of nitrogen functional groups attached to an aromatic ring is 1. The van der Waals surface area contributed by atoms with Crippen molar-refractivity contribution in [3.63, 3.8) is 0 Å². The average molecular weight is 325 g/mol. The van der Waals surface area contributed by atoms with Crippen molar-refractivity contribution >= 4 is 27.4 Å². The number of nitrogens with zero attached hydrogens (tertiary/aromatic N) is 3. The highest BCUT2D eigenvalue weighted by Crippen LogP contribution is 2.32. The van der Waals surface area contributed by atoms with Crippen LogP contribution in [0.15, 0.2) is 36.4 Å². The van der Waals surface area contributed by atoms with E-state index >= 15 is 0 Å². The fraction of sp³-hybridized carbons (Fsp3) is 0.294. The van der Waals surface area contributed by atoms with Gasteiger partial charge in [-0.15, -0.1) is 0 Å². The summed E-state index contributed by atoms with van der Waals surface area (Å²) in [7, 11) is 0. The first-order chi connectivity index (χ1) is 11.3. The zero-order valence-electron chi connectivity index (χ0n) is 12.8. The Kier molecular flexibility index (Phi) is 3.95. The number of nitrogens with two attached hydrogens (primary N) is 1. The van der Waals surface area contributed by atoms with Crippen LogP contribution in [-0.2, 0) is 6.54 Å². The number of para-hydroxylation sites is 1. The molecule has 0 radical (unpaired) electrons. The number of hydrogen-bond donors (Lipinski definition) is 2. The molecule has 1 fully saturated rings. The van der Waals surface area contributed by atoms with Gasteiger partial charge in [-0.25, -0.2) is 9.97 Å². The molecule has 0 unspecified atom stereocenters. The smallest absolute Gasteiger partial charge is 0.144 e. The predicted octanol–water partition coefficient (Wildman–Crippen LogP) is 2.35. The summed E-state index contributed by atoms with van der Waals surface area (Å²) in [6, 6.07) is 12.0. The van der Waals surface area contributed by atoms with Crippen molar-refractivity contribution in [2.45, 2.75) is 6.54 Å². The number of pyridine rings is 1. The van der Waals surface area contributed by atoms with E-state index in [1.807, 2.05) is 24.3 Å². The standard InChI is InChI=1S/C17H19N5S/c18-14-4-2-1-3-13(14)16-21-15-6-5-12(20-17(15)23-16)11-22-9-7-19-8-10-22/h1-6,19H,7-11,18H2. The average Bonchev–Trinajstić information content (AvgIpc) is 2.99. The topological polar surface area (TPSA) is 67.1 Å². The highest BCUT2D eigenvalue weighted by Gasteiger charge is 2.13. The van der Waals surface area contributed by atoms with Gasteiger partial charge in [0.1, 0.15) is 15.4 Å². The Labute approximate surface area is 139 Å². The summed E-state index contributed by atoms with van der Waals surface area (Å²) in [5.74, 6) is 0. The second-order valence-corrected chi connectivity index (χ2v) is 6.74. The SMILES string of the molecule is Nc1ccccc1-c1nc2ccc(CN3CCNCC3)nc2s1. The van der Waals surface area contributed by atoms with Crippen molar-refractivity contribution in [2.75, 3.05) is 31.9 Å². The van der Waals surface area contributed by atoms with Gasteiger partial charge in [0.15, 0.2) is 0 Å². The van der Waals surface area contributed by atoms with Crippen molar-refractivity contribution in [2.24, 2.45) is 0 Å². The molecule has 1 aliphatic heterocycles. The van der Waals surface area contributed by atoms with Gasteiger partial charge in [-0.2, -0.15) is 0 Å². The number of aromatic nitrogens is 2. The van der Waals surface area contributed by atoms with Crippen LogP contribution >= 0.6 is 11.3 Å². The zero-order chi connectivity index (χ0) is 15.6. The van der Waals surface area contributed by atoms with E-state index < -0.39 is 0 Å². The van der Waals surface area contributed by atoms with Crippen LogP contribution in [0, 0.1) is 0 Å². The Bertz CT molecular complexity index is 823. The molecule has 0 spiro atoms. The molecule has 118 valence electrons. The molecule has 0 amide bonds. The van der Waals surface area contributed by atoms with Gasteiger partial charge in [0, 0.05) is 44.0 Å². The van der Waals surface area contributed by atoms with E-state index in [9.17, 15) is 0 Å². The van der Waals surface area contributed by atoms with Crippen LogP contribution < -0.4 is 11.1 Å². The van der Waals surface area contributed by atoms with Gasteiger partial charge < -0.3 is 11.1 Å². The number of thiazole rings is 1. The highest BCUT2D eigenvalue weighted by molar-refractivity contribution is 7.21. The Morgan fingerprint density at radius 1 is 1.09 bits per heavy atom. The molecule has 23 heavy (non-hydrogen) atoms. The number of nitrogens with one attached hydrogen (secondary N) is 1. The van der Waals surface area contributed by atoms with Gasteiger partial charge in [0.25, 0.3) is 0 Å². The summed E-state index contributed by atoms with van der Waals surface area (Å²) in [6.07, 6.45) is 0. The molecule has 0 saturated carbocycles. The van der Waals surface area contributed by atoms with Crippen LogP contribution in [-0.4, -0.2) is 41.0 Å². The summed E-state index contributed by atoms with van der Waals surface area (Å²) in [4.78, 5) is 12.9. The monoisotopic (exact) mass is 325 g/mol. The van der Waals surface area contributed by atoms with Gasteiger partial charge in [-0.1, -0.05) is 23.5 Å². The number of piperazine rings is 1. The molecular formula is C17H19N5S. The summed E-state index contributed by atoms with van der Waals surface area (Å²) >= 11 is 1.61. The van der Waals surface area contributed by atoms with Crippen LogP contribution in [0.4, 0.5) is 5.69 Å². The third-order valence-electron chi connectivity index (χ3n) is 4.10. The van der Waals surface area contributed by atoms with Crippen molar-refractivity contribution < 1.29 is 0 Å². The molecule has 1 aliphatic rings. The van der Waals surface area contributed by atoms with Crippen molar-refractivity contribution in [3.05, 3.63) is 42.1 Å². The van der Waals surface area contributed by atoms with Gasteiger partial charge in [0.05, 0.1) is 5.69 Å². The molecule has 6 heteroatoms. The molecule has 5 nitrogen and oxygen atoms in total. The third kappa shape index (κ3) is 3.06. The Balaban J connectivity index is 1.63. The van der Waals surface area contributed by atoms with Crippen LogP contribution in [0.1, 0.15) is 5.69 Å². The normalized spacial score (nSPS) is 16.0. The second-order valence-electron chi connectivity index (χ2n) is 5.76. The Morgan fingerprint density at radius 3 is 2.74 bits per heavy atom. The van der Waals surface area contributed by atoms with Gasteiger partial charge >= 0.3 is 0 Å². The van der Waals surface area contributed by atoms with E-state index in [4.69, 9.17) is 10.7 Å². The number of fused-ring (bicyclic) bond motifs is 1. The maximum atomic E-state index is 6.06. The highest BCUT2D eigenvalue weighted by atomic mass is 32.1. The van der Waals surface area contributed by atoms with Crippen LogP contribution in [0.5, 0.6) is 0 Å². The lowest BCUT2D eigenvalue weighted by atomic mass is 10.2. The maximum absolute atomic E-state index is 6.06. The van der Waals surface area contributed by atoms with Crippen molar-refractivity contribution in [3.8, 4) is 10.6 Å². The summed E-state index contributed by atoms with van der Waals surface area (Å²) in [5.41, 5.74) is 9.85. The molecule has 3 N–H and O–H groups in total. The zero-order valence-corrected chi connectivity index (χ0v) is 13.6. The number of rotatable bonds is 3. The van der Waals surface area contributed by atoms with E-state index in [1.54, 1.807) is 11.3 Å². The van der Waals surface area contributed by atoms with Gasteiger partial charge in [-0.3, -0.25) is 4.90 Å². The molecule has 0 atom stereocenters. The largest absolute Gasteiger partial charge is 0.398 e. The van der Waals surface area contributed by atoms with Crippen LogP contribution in [0.25, 0.3) is 20.9 Å². The lowest BCUT2D eigenvalue weighted by Crippen LogP contribution is -2.43. The lowest BCUT2D eigenvalue weighted by molar-refractivity contribution is 0.231. The lowest BCUT2D eigenvalue weighted by Gasteiger charge is -2.26.